The van der Waals surface area contributed by atoms with Crippen molar-refractivity contribution in [3.8, 4) is 11.4 Å². The number of hydrogen-bond donors (Lipinski definition) is 0. The van der Waals surface area contributed by atoms with Crippen molar-refractivity contribution in [2.75, 3.05) is 31.1 Å². The second-order valence-electron chi connectivity index (χ2n) is 9.76. The molecule has 9 nitrogen and oxygen atoms in total. The number of nitrogens with zero attached hydrogens (tertiary/aromatic N) is 5. The van der Waals surface area contributed by atoms with E-state index in [1.54, 1.807) is 4.90 Å². The van der Waals surface area contributed by atoms with Crippen LogP contribution in [0.3, 0.4) is 0 Å². The van der Waals surface area contributed by atoms with Crippen molar-refractivity contribution >= 4 is 32.7 Å². The molecule has 0 bridgehead atoms. The molecule has 0 spiro atoms. The summed E-state index contributed by atoms with van der Waals surface area (Å²) < 4.78 is 97.4. The van der Waals surface area contributed by atoms with E-state index in [-0.39, 0.29) is 11.3 Å². The molecule has 1 aliphatic rings. The van der Waals surface area contributed by atoms with Gasteiger partial charge in [0.1, 0.15) is 5.82 Å². The van der Waals surface area contributed by atoms with Gasteiger partial charge in [-0.15, -0.1) is 0 Å². The summed E-state index contributed by atoms with van der Waals surface area (Å²) in [7, 11) is 0. The third-order valence-corrected chi connectivity index (χ3v) is 7.81. The first-order valence-electron chi connectivity index (χ1n) is 12.9. The van der Waals surface area contributed by atoms with Crippen molar-refractivity contribution in [2.45, 2.75) is 38.2 Å². The number of anilines is 1. The highest BCUT2D eigenvalue weighted by atomic mass is 32.1. The zero-order valence-corrected chi connectivity index (χ0v) is 22.9. The Labute approximate surface area is 242 Å². The fourth-order valence-corrected chi connectivity index (χ4v) is 5.62. The Kier molecular flexibility index (Phi) is 8.47. The first kappa shape index (κ1) is 30.5. The number of benzene rings is 2. The Balaban J connectivity index is 1.42. The summed E-state index contributed by atoms with van der Waals surface area (Å²) in [5.41, 5.74) is -0.543. The lowest BCUT2D eigenvalue weighted by atomic mass is 10.1. The smallest absolute Gasteiger partial charge is 0.342 e. The number of alkyl halides is 6. The van der Waals surface area contributed by atoms with E-state index in [0.29, 0.717) is 34.0 Å². The van der Waals surface area contributed by atoms with Crippen LogP contribution >= 0.6 is 11.3 Å². The maximum absolute atomic E-state index is 15.2. The van der Waals surface area contributed by atoms with E-state index < -0.39 is 46.8 Å². The predicted molar refractivity (Wildman–Crippen MR) is 140 cm³/mol. The molecule has 0 aliphatic carbocycles. The van der Waals surface area contributed by atoms with E-state index in [1.165, 1.54) is 12.1 Å². The minimum atomic E-state index is -5.44. The second-order valence-corrected chi connectivity index (χ2v) is 10.8. The Morgan fingerprint density at radius 2 is 1.79 bits per heavy atom. The van der Waals surface area contributed by atoms with Crippen LogP contribution in [0, 0.1) is 5.82 Å². The van der Waals surface area contributed by atoms with Crippen molar-refractivity contribution in [1.29, 1.82) is 0 Å². The van der Waals surface area contributed by atoms with Crippen molar-refractivity contribution in [3.63, 3.8) is 0 Å². The standard InChI is InChI=1S/C26H22F7N5O4S/c27-18-12-15(4-6-17(18)21-35-41-24(40)38(21)42-22(39)26(31,32)33)14-37(11-10-36-8-2-1-3-9-36)23-34-19-7-5-16(25(28,29)30)13-20(19)43-23/h4-7,12-13H,1-3,8-11,14H2. The molecule has 0 saturated carbocycles. The van der Waals surface area contributed by atoms with Crippen molar-refractivity contribution in [1.82, 2.24) is 19.8 Å². The van der Waals surface area contributed by atoms with Crippen molar-refractivity contribution < 1.29 is 44.9 Å². The Bertz CT molecular complexity index is 1670. The lowest BCUT2D eigenvalue weighted by Gasteiger charge is -2.30. The molecule has 1 fully saturated rings. The molecule has 2 aromatic heterocycles. The molecule has 1 aliphatic heterocycles. The van der Waals surface area contributed by atoms with Gasteiger partial charge in [0.25, 0.3) is 0 Å². The van der Waals surface area contributed by atoms with E-state index in [9.17, 15) is 35.9 Å². The Morgan fingerprint density at radius 3 is 2.47 bits per heavy atom. The van der Waals surface area contributed by atoms with Crippen molar-refractivity contribution in [2.24, 2.45) is 0 Å². The minimum Gasteiger partial charge on any atom is -0.342 e. The third-order valence-electron chi connectivity index (χ3n) is 6.73. The minimum absolute atomic E-state index is 0.0751. The zero-order chi connectivity index (χ0) is 30.9. The highest BCUT2D eigenvalue weighted by Gasteiger charge is 2.43. The van der Waals surface area contributed by atoms with Gasteiger partial charge >= 0.3 is 24.1 Å². The van der Waals surface area contributed by atoms with Crippen LogP contribution < -0.4 is 15.5 Å². The molecule has 2 aromatic carbocycles. The van der Waals surface area contributed by atoms with Crippen LogP contribution in [0.1, 0.15) is 30.4 Å². The first-order valence-corrected chi connectivity index (χ1v) is 13.7. The van der Waals surface area contributed by atoms with Crippen LogP contribution in [0.2, 0.25) is 0 Å². The highest BCUT2D eigenvalue weighted by Crippen LogP contribution is 2.36. The van der Waals surface area contributed by atoms with Crippen molar-refractivity contribution in [3.05, 3.63) is 63.9 Å². The van der Waals surface area contributed by atoms with Gasteiger partial charge in [-0.25, -0.2) is 19.0 Å². The van der Waals surface area contributed by atoms with Gasteiger partial charge in [0.15, 0.2) is 5.13 Å². The van der Waals surface area contributed by atoms with Gasteiger partial charge in [-0.1, -0.05) is 33.7 Å². The molecule has 230 valence electrons. The SMILES string of the molecule is O=C(On1c(-c2ccc(CN(CCN3CCCCC3)c3nc4ccc(C(F)(F)F)cc4s3)cc2F)noc1=O)C(F)(F)F. The molecule has 0 radical (unpaired) electrons. The van der Waals surface area contributed by atoms with Gasteiger partial charge in [-0.2, -0.15) is 26.3 Å². The molecule has 0 amide bonds. The Hall–Kier alpha value is -3.99. The number of rotatable bonds is 8. The summed E-state index contributed by atoms with van der Waals surface area (Å²) >= 11 is 1.06. The van der Waals surface area contributed by atoms with Crippen LogP contribution in [0.25, 0.3) is 21.6 Å². The number of carbonyl (C=O) groups excluding carboxylic acids is 1. The number of piperidine rings is 1. The molecular formula is C26H22F7N5O4S. The topological polar surface area (TPSA) is 93.7 Å². The maximum atomic E-state index is 15.2. The molecule has 0 N–H and O–H groups in total. The first-order chi connectivity index (χ1) is 20.3. The summed E-state index contributed by atoms with van der Waals surface area (Å²) in [4.78, 5) is 35.6. The third kappa shape index (κ3) is 6.98. The van der Waals surface area contributed by atoms with E-state index >= 15 is 4.39 Å². The number of hydrogen-bond acceptors (Lipinski definition) is 9. The van der Waals surface area contributed by atoms with Gasteiger partial charge in [-0.05, 0) is 61.8 Å². The molecule has 4 aromatic rings. The van der Waals surface area contributed by atoms with Gasteiger partial charge < -0.3 is 14.6 Å². The molecule has 5 rings (SSSR count). The van der Waals surface area contributed by atoms with E-state index in [1.807, 2.05) is 0 Å². The van der Waals surface area contributed by atoms with E-state index in [0.717, 1.165) is 68.0 Å². The molecule has 17 heteroatoms. The molecule has 0 atom stereocenters. The summed E-state index contributed by atoms with van der Waals surface area (Å²) in [5.74, 6) is -6.14. The molecule has 3 heterocycles. The number of aromatic nitrogens is 3. The second kappa shape index (κ2) is 11.9. The Morgan fingerprint density at radius 1 is 1.05 bits per heavy atom. The van der Waals surface area contributed by atoms with Crippen LogP contribution in [0.15, 0.2) is 45.7 Å². The van der Waals surface area contributed by atoms with Gasteiger partial charge in [0.2, 0.25) is 5.82 Å². The highest BCUT2D eigenvalue weighted by molar-refractivity contribution is 7.22. The average molecular weight is 634 g/mol. The normalized spacial score (nSPS) is 14.8. The van der Waals surface area contributed by atoms with Gasteiger partial charge in [-0.3, -0.25) is 4.52 Å². The van der Waals surface area contributed by atoms with Crippen LogP contribution in [0.4, 0.5) is 35.9 Å². The molecule has 43 heavy (non-hydrogen) atoms. The number of fused-ring (bicyclic) bond motifs is 1. The van der Waals surface area contributed by atoms with Gasteiger partial charge in [0.05, 0.1) is 21.3 Å². The number of carbonyl (C=O) groups is 1. The molecule has 0 unspecified atom stereocenters. The lowest BCUT2D eigenvalue weighted by molar-refractivity contribution is -0.200. The number of thiazole rings is 1. The van der Waals surface area contributed by atoms with Crippen LogP contribution in [-0.4, -0.2) is 58.1 Å². The maximum Gasteiger partial charge on any atom is 0.493 e. The van der Waals surface area contributed by atoms with E-state index in [4.69, 9.17) is 0 Å². The fraction of sp³-hybridized carbons (Fsp3) is 0.385. The quantitative estimate of drug-likeness (QED) is 0.242. The lowest BCUT2D eigenvalue weighted by Crippen LogP contribution is -2.37. The predicted octanol–water partition coefficient (Wildman–Crippen LogP) is 5.28. The fourth-order valence-electron chi connectivity index (χ4n) is 4.59. The summed E-state index contributed by atoms with van der Waals surface area (Å²) in [6, 6.07) is 6.85. The average Bonchev–Trinajstić information content (AvgIpc) is 3.53. The van der Waals surface area contributed by atoms with E-state index in [2.05, 4.69) is 24.4 Å². The molecule has 1 saturated heterocycles. The van der Waals surface area contributed by atoms with Crippen LogP contribution in [0.5, 0.6) is 0 Å². The summed E-state index contributed by atoms with van der Waals surface area (Å²) in [6.45, 7) is 2.91. The number of likely N-dealkylation sites (tertiary alicyclic amines) is 1. The zero-order valence-electron chi connectivity index (χ0n) is 22.0. The summed E-state index contributed by atoms with van der Waals surface area (Å²) in [6.07, 6.45) is -6.76. The monoisotopic (exact) mass is 633 g/mol. The number of halogens is 7. The molecular weight excluding hydrogens is 611 g/mol. The largest absolute Gasteiger partial charge is 0.493 e. The van der Waals surface area contributed by atoms with Gasteiger partial charge in [0, 0.05) is 19.6 Å². The van der Waals surface area contributed by atoms with Crippen LogP contribution in [-0.2, 0) is 17.5 Å². The summed E-state index contributed by atoms with van der Waals surface area (Å²) in [5, 5.41) is 3.65.